The van der Waals surface area contributed by atoms with Gasteiger partial charge < -0.3 is 0 Å². The van der Waals surface area contributed by atoms with E-state index in [2.05, 4.69) is 11.2 Å². The predicted octanol–water partition coefficient (Wildman–Crippen LogP) is 1.89. The Labute approximate surface area is 87.8 Å². The van der Waals surface area contributed by atoms with Crippen LogP contribution in [0.15, 0.2) is 35.6 Å². The van der Waals surface area contributed by atoms with E-state index in [0.29, 0.717) is 5.56 Å². The molecule has 0 saturated carbocycles. The molecule has 1 rings (SSSR count). The summed E-state index contributed by atoms with van der Waals surface area (Å²) in [5, 5.41) is 3.37. The van der Waals surface area contributed by atoms with Gasteiger partial charge in [0.25, 0.3) is 0 Å². The molecule has 0 fully saturated rings. The zero-order chi connectivity index (χ0) is 11.3. The third kappa shape index (κ3) is 2.41. The van der Waals surface area contributed by atoms with Gasteiger partial charge in [0.15, 0.2) is 0 Å². The fraction of sp³-hybridized carbons (Fsp3) is 0.182. The standard InChI is InChI=1S/C11H10N2O2/c1-3-11(13(12-15)9(2)14)10-7-5-4-6-8-10/h1,4-8,11H,2H3. The predicted molar refractivity (Wildman–Crippen MR) is 56.3 cm³/mol. The number of hydrogen-bond acceptors (Lipinski definition) is 3. The van der Waals surface area contributed by atoms with Gasteiger partial charge in [0.05, 0.1) is 5.29 Å². The van der Waals surface area contributed by atoms with Crippen LogP contribution < -0.4 is 0 Å². The van der Waals surface area contributed by atoms with Gasteiger partial charge in [0.1, 0.15) is 6.04 Å². The minimum Gasteiger partial charge on any atom is -0.273 e. The van der Waals surface area contributed by atoms with E-state index in [-0.39, 0.29) is 0 Å². The van der Waals surface area contributed by atoms with Crippen molar-refractivity contribution in [3.05, 3.63) is 40.8 Å². The van der Waals surface area contributed by atoms with Crippen LogP contribution in [0.1, 0.15) is 18.5 Å². The summed E-state index contributed by atoms with van der Waals surface area (Å²) in [4.78, 5) is 21.6. The van der Waals surface area contributed by atoms with Gasteiger partial charge >= 0.3 is 0 Å². The third-order valence-corrected chi connectivity index (χ3v) is 1.93. The van der Waals surface area contributed by atoms with Crippen molar-refractivity contribution >= 4 is 5.91 Å². The quantitative estimate of drug-likeness (QED) is 0.427. The highest BCUT2D eigenvalue weighted by molar-refractivity contribution is 5.73. The summed E-state index contributed by atoms with van der Waals surface area (Å²) in [5.41, 5.74) is 0.690. The fourth-order valence-corrected chi connectivity index (χ4v) is 1.23. The molecule has 0 aliphatic rings. The van der Waals surface area contributed by atoms with E-state index in [1.165, 1.54) is 6.92 Å². The number of hydrogen-bond donors (Lipinski definition) is 0. The van der Waals surface area contributed by atoms with E-state index in [9.17, 15) is 9.70 Å². The summed E-state index contributed by atoms with van der Waals surface area (Å²) in [5.74, 6) is 1.89. The molecule has 0 spiro atoms. The molecule has 4 nitrogen and oxygen atoms in total. The number of rotatable bonds is 3. The Hall–Kier alpha value is -2.15. The van der Waals surface area contributed by atoms with Crippen LogP contribution in [0.5, 0.6) is 0 Å². The molecule has 1 amide bonds. The van der Waals surface area contributed by atoms with Crippen LogP contribution in [0.3, 0.4) is 0 Å². The molecule has 1 unspecified atom stereocenters. The summed E-state index contributed by atoms with van der Waals surface area (Å²) >= 11 is 0. The lowest BCUT2D eigenvalue weighted by atomic mass is 10.1. The first-order chi connectivity index (χ1) is 7.20. The lowest BCUT2D eigenvalue weighted by molar-refractivity contribution is -0.130. The van der Waals surface area contributed by atoms with Gasteiger partial charge in [-0.25, -0.2) is 0 Å². The summed E-state index contributed by atoms with van der Waals surface area (Å²) in [6.07, 6.45) is 5.28. The van der Waals surface area contributed by atoms with Crippen LogP contribution in [0.4, 0.5) is 0 Å². The van der Waals surface area contributed by atoms with Gasteiger partial charge in [0.2, 0.25) is 5.91 Å². The highest BCUT2D eigenvalue weighted by Gasteiger charge is 2.21. The van der Waals surface area contributed by atoms with Crippen molar-refractivity contribution in [3.63, 3.8) is 0 Å². The van der Waals surface area contributed by atoms with Crippen LogP contribution >= 0.6 is 0 Å². The molecule has 0 heterocycles. The lowest BCUT2D eigenvalue weighted by Gasteiger charge is -2.18. The smallest absolute Gasteiger partial charge is 0.243 e. The average molecular weight is 202 g/mol. The van der Waals surface area contributed by atoms with Crippen molar-refractivity contribution in [1.29, 1.82) is 0 Å². The van der Waals surface area contributed by atoms with E-state index < -0.39 is 11.9 Å². The Morgan fingerprint density at radius 2 is 2.07 bits per heavy atom. The monoisotopic (exact) mass is 202 g/mol. The Morgan fingerprint density at radius 1 is 1.47 bits per heavy atom. The highest BCUT2D eigenvalue weighted by Crippen LogP contribution is 2.19. The van der Waals surface area contributed by atoms with E-state index in [4.69, 9.17) is 6.42 Å². The van der Waals surface area contributed by atoms with Crippen molar-refractivity contribution in [2.24, 2.45) is 5.29 Å². The maximum absolute atomic E-state index is 11.1. The summed E-state index contributed by atoms with van der Waals surface area (Å²) in [7, 11) is 0. The second-order valence-electron chi connectivity index (χ2n) is 2.93. The molecular formula is C11H10N2O2. The number of carbonyl (C=O) groups excluding carboxylic acids is 1. The van der Waals surface area contributed by atoms with Crippen LogP contribution in [-0.2, 0) is 4.79 Å². The molecule has 4 heteroatoms. The molecular weight excluding hydrogens is 192 g/mol. The minimum absolute atomic E-state index is 0.475. The van der Waals surface area contributed by atoms with Crippen molar-refractivity contribution in [3.8, 4) is 12.3 Å². The van der Waals surface area contributed by atoms with E-state index in [0.717, 1.165) is 5.01 Å². The van der Waals surface area contributed by atoms with Crippen molar-refractivity contribution in [2.45, 2.75) is 13.0 Å². The first-order valence-electron chi connectivity index (χ1n) is 4.35. The molecule has 0 aliphatic carbocycles. The first-order valence-corrected chi connectivity index (χ1v) is 4.35. The van der Waals surface area contributed by atoms with Gasteiger partial charge in [-0.2, -0.15) is 5.01 Å². The Kier molecular flexibility index (Phi) is 3.58. The Balaban J connectivity index is 3.04. The second kappa shape index (κ2) is 4.91. The molecule has 1 aromatic carbocycles. The molecule has 0 saturated heterocycles. The molecule has 0 aliphatic heterocycles. The maximum atomic E-state index is 11.1. The van der Waals surface area contributed by atoms with Gasteiger partial charge in [-0.3, -0.25) is 4.79 Å². The molecule has 1 aromatic rings. The molecule has 0 bridgehead atoms. The zero-order valence-corrected chi connectivity index (χ0v) is 8.25. The molecule has 76 valence electrons. The van der Waals surface area contributed by atoms with Crippen molar-refractivity contribution in [2.75, 3.05) is 0 Å². The normalized spacial score (nSPS) is 11.2. The van der Waals surface area contributed by atoms with Gasteiger partial charge in [-0.05, 0) is 5.56 Å². The minimum atomic E-state index is -0.735. The number of amides is 1. The van der Waals surface area contributed by atoms with Gasteiger partial charge in [-0.1, -0.05) is 36.3 Å². The van der Waals surface area contributed by atoms with Crippen molar-refractivity contribution < 1.29 is 4.79 Å². The summed E-state index contributed by atoms with van der Waals surface area (Å²) in [6, 6.07) is 8.13. The number of carbonyl (C=O) groups is 1. The number of benzene rings is 1. The Morgan fingerprint density at radius 3 is 2.47 bits per heavy atom. The van der Waals surface area contributed by atoms with Gasteiger partial charge in [0, 0.05) is 6.92 Å². The van der Waals surface area contributed by atoms with E-state index >= 15 is 0 Å². The van der Waals surface area contributed by atoms with Crippen LogP contribution in [0, 0.1) is 17.3 Å². The maximum Gasteiger partial charge on any atom is 0.243 e. The van der Waals surface area contributed by atoms with Gasteiger partial charge in [-0.15, -0.1) is 11.3 Å². The largest absolute Gasteiger partial charge is 0.273 e. The number of nitrogens with zero attached hydrogens (tertiary/aromatic N) is 2. The molecule has 15 heavy (non-hydrogen) atoms. The van der Waals surface area contributed by atoms with Crippen LogP contribution in [0.2, 0.25) is 0 Å². The average Bonchev–Trinajstić information content (AvgIpc) is 2.26. The number of nitroso groups, excluding NO2 is 1. The topological polar surface area (TPSA) is 49.7 Å². The van der Waals surface area contributed by atoms with Crippen LogP contribution in [-0.4, -0.2) is 10.9 Å². The van der Waals surface area contributed by atoms with E-state index in [1.807, 2.05) is 6.07 Å². The molecule has 0 aromatic heterocycles. The molecule has 0 radical (unpaired) electrons. The third-order valence-electron chi connectivity index (χ3n) is 1.93. The summed E-state index contributed by atoms with van der Waals surface area (Å²) in [6.45, 7) is 1.24. The SMILES string of the molecule is C#CC(c1ccccc1)N(N=O)C(C)=O. The first kappa shape index (κ1) is 10.9. The Bertz CT molecular complexity index is 395. The zero-order valence-electron chi connectivity index (χ0n) is 8.25. The fourth-order valence-electron chi connectivity index (χ4n) is 1.23. The second-order valence-corrected chi connectivity index (χ2v) is 2.93. The lowest BCUT2D eigenvalue weighted by Crippen LogP contribution is -2.26. The highest BCUT2D eigenvalue weighted by atomic mass is 16.3. The summed E-state index contributed by atoms with van der Waals surface area (Å²) < 4.78 is 0. The number of terminal acetylenes is 1. The molecule has 0 N–H and O–H groups in total. The van der Waals surface area contributed by atoms with Crippen molar-refractivity contribution in [1.82, 2.24) is 5.01 Å². The molecule has 1 atom stereocenters. The van der Waals surface area contributed by atoms with Crippen LogP contribution in [0.25, 0.3) is 0 Å². The van der Waals surface area contributed by atoms with E-state index in [1.54, 1.807) is 24.3 Å².